The molecule has 2 aromatic heterocycles. The lowest BCUT2D eigenvalue weighted by molar-refractivity contribution is 0.0539. The summed E-state index contributed by atoms with van der Waals surface area (Å²) < 4.78 is 48.0. The zero-order valence-corrected chi connectivity index (χ0v) is 18.8. The van der Waals surface area contributed by atoms with Crippen LogP contribution in [0.5, 0.6) is 0 Å². The van der Waals surface area contributed by atoms with Crippen molar-refractivity contribution in [1.82, 2.24) is 19.9 Å². The number of rotatable bonds is 5. The van der Waals surface area contributed by atoms with Crippen molar-refractivity contribution in [3.63, 3.8) is 0 Å². The first kappa shape index (κ1) is 22.8. The summed E-state index contributed by atoms with van der Waals surface area (Å²) in [5.74, 6) is -3.07. The number of piperidine rings is 1. The van der Waals surface area contributed by atoms with Crippen LogP contribution in [0.2, 0.25) is 0 Å². The van der Waals surface area contributed by atoms with Crippen LogP contribution in [0, 0.1) is 23.4 Å². The van der Waals surface area contributed by atoms with Crippen LogP contribution in [0.3, 0.4) is 0 Å². The third-order valence-corrected chi connectivity index (χ3v) is 6.30. The fourth-order valence-electron chi connectivity index (χ4n) is 4.51. The highest BCUT2D eigenvalue weighted by molar-refractivity contribution is 6.00. The number of halogens is 3. The van der Waals surface area contributed by atoms with Gasteiger partial charge in [0, 0.05) is 31.5 Å². The summed E-state index contributed by atoms with van der Waals surface area (Å²) in [6.07, 6.45) is 4.47. The second kappa shape index (κ2) is 9.36. The van der Waals surface area contributed by atoms with Crippen LogP contribution in [0.1, 0.15) is 30.1 Å². The number of aromatic nitrogens is 3. The van der Waals surface area contributed by atoms with Gasteiger partial charge in [0.25, 0.3) is 11.9 Å². The third-order valence-electron chi connectivity index (χ3n) is 6.30. The number of nitrogens with zero attached hydrogens (tertiary/aromatic N) is 4. The second-order valence-corrected chi connectivity index (χ2v) is 8.55. The van der Waals surface area contributed by atoms with Gasteiger partial charge in [-0.1, -0.05) is 6.92 Å². The highest BCUT2D eigenvalue weighted by Crippen LogP contribution is 2.31. The first-order valence-corrected chi connectivity index (χ1v) is 11.3. The Kier molecular flexibility index (Phi) is 6.10. The van der Waals surface area contributed by atoms with E-state index in [2.05, 4.69) is 20.3 Å². The Hall–Kier alpha value is -3.95. The van der Waals surface area contributed by atoms with Gasteiger partial charge in [0.1, 0.15) is 11.3 Å². The molecule has 4 aromatic rings. The summed E-state index contributed by atoms with van der Waals surface area (Å²) in [5.41, 5.74) is 0.548. The zero-order chi connectivity index (χ0) is 24.5. The topological polar surface area (TPSA) is 84.2 Å². The quantitative estimate of drug-likeness (QED) is 0.429. The van der Waals surface area contributed by atoms with Crippen molar-refractivity contribution in [3.05, 3.63) is 71.8 Å². The highest BCUT2D eigenvalue weighted by atomic mass is 19.2. The number of oxazole rings is 1. The molecule has 2 aromatic carbocycles. The SMILES string of the molecule is CC1CCCN(C(=O)c2ccc(F)c(F)c2-c2ncccn2)C1CNc1nc2ccc(F)cc2o1. The average molecular weight is 481 g/mol. The van der Waals surface area contributed by atoms with E-state index in [1.54, 1.807) is 11.0 Å². The molecular weight excluding hydrogens is 459 g/mol. The van der Waals surface area contributed by atoms with E-state index in [9.17, 15) is 18.0 Å². The van der Waals surface area contributed by atoms with Crippen molar-refractivity contribution in [2.75, 3.05) is 18.4 Å². The van der Waals surface area contributed by atoms with Crippen molar-refractivity contribution < 1.29 is 22.4 Å². The fraction of sp³-hybridized carbons (Fsp3) is 0.280. The van der Waals surface area contributed by atoms with Gasteiger partial charge >= 0.3 is 0 Å². The number of benzene rings is 2. The zero-order valence-electron chi connectivity index (χ0n) is 18.8. The van der Waals surface area contributed by atoms with Crippen molar-refractivity contribution in [2.24, 2.45) is 5.92 Å². The number of hydrogen-bond acceptors (Lipinski definition) is 6. The summed E-state index contributed by atoms with van der Waals surface area (Å²) >= 11 is 0. The lowest BCUT2D eigenvalue weighted by Crippen LogP contribution is -2.51. The highest BCUT2D eigenvalue weighted by Gasteiger charge is 2.34. The number of nitrogens with one attached hydrogen (secondary N) is 1. The molecule has 1 saturated heterocycles. The number of amides is 1. The van der Waals surface area contributed by atoms with Crippen molar-refractivity contribution in [3.8, 4) is 11.4 Å². The normalized spacial score (nSPS) is 18.1. The van der Waals surface area contributed by atoms with E-state index in [0.29, 0.717) is 24.2 Å². The van der Waals surface area contributed by atoms with Gasteiger partial charge in [-0.25, -0.2) is 23.1 Å². The molecule has 0 saturated carbocycles. The van der Waals surface area contributed by atoms with Crippen LogP contribution in [-0.4, -0.2) is 44.9 Å². The molecule has 2 atom stereocenters. The monoisotopic (exact) mass is 481 g/mol. The van der Waals surface area contributed by atoms with Gasteiger partial charge in [-0.3, -0.25) is 4.79 Å². The molecule has 1 amide bonds. The van der Waals surface area contributed by atoms with Gasteiger partial charge in [0.2, 0.25) is 0 Å². The Labute approximate surface area is 199 Å². The summed E-state index contributed by atoms with van der Waals surface area (Å²) in [4.78, 5) is 27.7. The number of hydrogen-bond donors (Lipinski definition) is 1. The smallest absolute Gasteiger partial charge is 0.295 e. The minimum absolute atomic E-state index is 0.00784. The molecule has 180 valence electrons. The number of anilines is 1. The lowest BCUT2D eigenvalue weighted by atomic mass is 9.89. The first-order chi connectivity index (χ1) is 16.9. The van der Waals surface area contributed by atoms with Gasteiger partial charge in [0.15, 0.2) is 23.0 Å². The van der Waals surface area contributed by atoms with Crippen LogP contribution in [0.25, 0.3) is 22.5 Å². The molecule has 3 heterocycles. The molecule has 1 N–H and O–H groups in total. The molecule has 0 bridgehead atoms. The van der Waals surface area contributed by atoms with Crippen LogP contribution < -0.4 is 5.32 Å². The van der Waals surface area contributed by atoms with Crippen LogP contribution in [-0.2, 0) is 0 Å². The maximum atomic E-state index is 14.9. The lowest BCUT2D eigenvalue weighted by Gasteiger charge is -2.40. The predicted octanol–water partition coefficient (Wildman–Crippen LogP) is 5.05. The first-order valence-electron chi connectivity index (χ1n) is 11.3. The Morgan fingerprint density at radius 1 is 1.17 bits per heavy atom. The largest absolute Gasteiger partial charge is 0.423 e. The molecule has 0 aliphatic carbocycles. The molecule has 2 unspecified atom stereocenters. The van der Waals surface area contributed by atoms with Crippen molar-refractivity contribution >= 4 is 23.0 Å². The van der Waals surface area contributed by atoms with Gasteiger partial charge in [-0.2, -0.15) is 4.98 Å². The van der Waals surface area contributed by atoms with Crippen molar-refractivity contribution in [1.29, 1.82) is 0 Å². The molecule has 0 radical (unpaired) electrons. The minimum Gasteiger partial charge on any atom is -0.423 e. The number of carbonyl (C=O) groups excluding carboxylic acids is 1. The fourth-order valence-corrected chi connectivity index (χ4v) is 4.51. The Morgan fingerprint density at radius 2 is 1.97 bits per heavy atom. The number of likely N-dealkylation sites (tertiary alicyclic amines) is 1. The third kappa shape index (κ3) is 4.43. The van der Waals surface area contributed by atoms with Gasteiger partial charge < -0.3 is 14.6 Å². The van der Waals surface area contributed by atoms with E-state index in [4.69, 9.17) is 4.42 Å². The second-order valence-electron chi connectivity index (χ2n) is 8.55. The van der Waals surface area contributed by atoms with E-state index < -0.39 is 23.4 Å². The predicted molar refractivity (Wildman–Crippen MR) is 123 cm³/mol. The summed E-state index contributed by atoms with van der Waals surface area (Å²) in [7, 11) is 0. The van der Waals surface area contributed by atoms with Crippen LogP contribution in [0.15, 0.2) is 53.2 Å². The average Bonchev–Trinajstić information content (AvgIpc) is 3.26. The number of carbonyl (C=O) groups is 1. The molecule has 0 spiro atoms. The molecule has 5 rings (SSSR count). The molecule has 7 nitrogen and oxygen atoms in total. The van der Waals surface area contributed by atoms with E-state index in [1.165, 1.54) is 36.7 Å². The maximum absolute atomic E-state index is 14.9. The standard InChI is InChI=1S/C25H22F3N5O2/c1-14-4-2-11-33(19(14)13-31-25-32-18-8-5-15(26)12-20(18)35-25)24(34)16-6-7-17(27)22(28)21(16)23-29-9-3-10-30-23/h3,5-10,12,14,19H,2,4,11,13H2,1H3,(H,31,32). The molecule has 10 heteroatoms. The van der Waals surface area contributed by atoms with Crippen molar-refractivity contribution in [2.45, 2.75) is 25.8 Å². The van der Waals surface area contributed by atoms with E-state index in [0.717, 1.165) is 18.9 Å². The van der Waals surface area contributed by atoms with E-state index in [1.807, 2.05) is 6.92 Å². The van der Waals surface area contributed by atoms with E-state index in [-0.39, 0.29) is 34.9 Å². The maximum Gasteiger partial charge on any atom is 0.295 e. The molecule has 35 heavy (non-hydrogen) atoms. The van der Waals surface area contributed by atoms with E-state index >= 15 is 0 Å². The van der Waals surface area contributed by atoms with Crippen LogP contribution >= 0.6 is 0 Å². The molecule has 1 aliphatic rings. The molecule has 1 aliphatic heterocycles. The Morgan fingerprint density at radius 3 is 2.77 bits per heavy atom. The van der Waals surface area contributed by atoms with Gasteiger partial charge in [0.05, 0.1) is 17.2 Å². The summed E-state index contributed by atoms with van der Waals surface area (Å²) in [5, 5.41) is 3.10. The minimum atomic E-state index is -1.17. The van der Waals surface area contributed by atoms with Crippen LogP contribution in [0.4, 0.5) is 19.2 Å². The van der Waals surface area contributed by atoms with Gasteiger partial charge in [-0.15, -0.1) is 0 Å². The number of fused-ring (bicyclic) bond motifs is 1. The Balaban J connectivity index is 1.44. The molecular formula is C25H22F3N5O2. The Bertz CT molecular complexity index is 1380. The summed E-state index contributed by atoms with van der Waals surface area (Å²) in [6.45, 7) is 2.78. The molecule has 1 fully saturated rings. The summed E-state index contributed by atoms with van der Waals surface area (Å²) in [6, 6.07) is 7.77. The van der Waals surface area contributed by atoms with Gasteiger partial charge in [-0.05, 0) is 49.1 Å².